The molecule has 0 aliphatic heterocycles. The lowest BCUT2D eigenvalue weighted by atomic mass is 10.1. The number of carbonyl (C=O) groups excluding carboxylic acids is 1. The van der Waals surface area contributed by atoms with E-state index in [9.17, 15) is 4.79 Å². The minimum atomic E-state index is -0.0986. The van der Waals surface area contributed by atoms with Gasteiger partial charge in [-0.2, -0.15) is 0 Å². The van der Waals surface area contributed by atoms with Crippen LogP contribution < -0.4 is 24.3 Å². The monoisotopic (exact) mass is 425 g/mol. The number of benzene rings is 2. The second-order valence-corrected chi connectivity index (χ2v) is 6.81. The molecule has 164 valence electrons. The topological polar surface area (TPSA) is 83.8 Å². The number of aromatic nitrogens is 2. The Bertz CT molecular complexity index is 1010. The molecule has 0 saturated heterocycles. The van der Waals surface area contributed by atoms with Gasteiger partial charge in [0.15, 0.2) is 11.5 Å². The van der Waals surface area contributed by atoms with E-state index in [0.29, 0.717) is 48.1 Å². The first-order valence-corrected chi connectivity index (χ1v) is 9.82. The molecule has 1 amide bonds. The van der Waals surface area contributed by atoms with E-state index in [4.69, 9.17) is 18.9 Å². The first-order valence-electron chi connectivity index (χ1n) is 9.82. The number of nitrogens with zero attached hydrogens (tertiary/aromatic N) is 2. The molecule has 1 heterocycles. The Morgan fingerprint density at radius 2 is 1.74 bits per heavy atom. The fourth-order valence-corrected chi connectivity index (χ4v) is 3.15. The summed E-state index contributed by atoms with van der Waals surface area (Å²) >= 11 is 0. The van der Waals surface area contributed by atoms with Gasteiger partial charge in [0, 0.05) is 31.5 Å². The van der Waals surface area contributed by atoms with Crippen molar-refractivity contribution in [2.24, 2.45) is 7.05 Å². The normalized spacial score (nSPS) is 10.5. The molecule has 0 saturated carbocycles. The van der Waals surface area contributed by atoms with E-state index in [1.54, 1.807) is 33.6 Å². The van der Waals surface area contributed by atoms with Gasteiger partial charge in [0.25, 0.3) is 0 Å². The van der Waals surface area contributed by atoms with Crippen molar-refractivity contribution in [3.8, 4) is 23.0 Å². The molecule has 0 aliphatic rings. The second kappa shape index (κ2) is 10.4. The van der Waals surface area contributed by atoms with Crippen molar-refractivity contribution >= 4 is 11.6 Å². The molecule has 1 aromatic heterocycles. The zero-order valence-corrected chi connectivity index (χ0v) is 18.2. The minimum absolute atomic E-state index is 0.0986. The van der Waals surface area contributed by atoms with E-state index in [1.807, 2.05) is 48.1 Å². The third kappa shape index (κ3) is 5.48. The molecule has 2 aromatic carbocycles. The molecule has 0 aliphatic carbocycles. The Kier molecular flexibility index (Phi) is 7.37. The van der Waals surface area contributed by atoms with Crippen molar-refractivity contribution < 1.29 is 23.7 Å². The predicted octanol–water partition coefficient (Wildman–Crippen LogP) is 3.60. The van der Waals surface area contributed by atoms with Gasteiger partial charge in [-0.3, -0.25) is 4.79 Å². The van der Waals surface area contributed by atoms with Crippen LogP contribution in [0.2, 0.25) is 0 Å². The number of hydrogen-bond acceptors (Lipinski definition) is 6. The minimum Gasteiger partial charge on any atom is -0.493 e. The molecular weight excluding hydrogens is 398 g/mol. The summed E-state index contributed by atoms with van der Waals surface area (Å²) in [6, 6.07) is 10.9. The third-order valence-electron chi connectivity index (χ3n) is 4.83. The van der Waals surface area contributed by atoms with E-state index in [0.717, 1.165) is 11.4 Å². The van der Waals surface area contributed by atoms with Crippen molar-refractivity contribution in [3.05, 3.63) is 60.2 Å². The van der Waals surface area contributed by atoms with Crippen LogP contribution in [0.15, 0.2) is 48.8 Å². The van der Waals surface area contributed by atoms with E-state index in [1.165, 1.54) is 0 Å². The molecule has 0 bridgehead atoms. The summed E-state index contributed by atoms with van der Waals surface area (Å²) in [4.78, 5) is 16.6. The number of methoxy groups -OCH3 is 3. The lowest BCUT2D eigenvalue weighted by molar-refractivity contribution is -0.116. The van der Waals surface area contributed by atoms with Crippen LogP contribution in [0.4, 0.5) is 5.69 Å². The highest BCUT2D eigenvalue weighted by Crippen LogP contribution is 2.40. The van der Waals surface area contributed by atoms with E-state index in [-0.39, 0.29) is 5.91 Å². The van der Waals surface area contributed by atoms with Gasteiger partial charge in [-0.05, 0) is 42.3 Å². The number of aryl methyl sites for hydroxylation is 2. The van der Waals surface area contributed by atoms with Crippen LogP contribution in [-0.4, -0.2) is 36.8 Å². The van der Waals surface area contributed by atoms with Crippen molar-refractivity contribution in [2.45, 2.75) is 19.4 Å². The van der Waals surface area contributed by atoms with Crippen LogP contribution in [-0.2, 0) is 24.9 Å². The molecule has 3 rings (SSSR count). The number of ether oxygens (including phenoxy) is 4. The van der Waals surface area contributed by atoms with Crippen molar-refractivity contribution in [1.29, 1.82) is 0 Å². The smallest absolute Gasteiger partial charge is 0.224 e. The molecule has 3 aromatic rings. The largest absolute Gasteiger partial charge is 0.493 e. The van der Waals surface area contributed by atoms with E-state index >= 15 is 0 Å². The summed E-state index contributed by atoms with van der Waals surface area (Å²) in [5.74, 6) is 3.11. The molecule has 0 spiro atoms. The Morgan fingerprint density at radius 3 is 2.35 bits per heavy atom. The maximum absolute atomic E-state index is 12.4. The summed E-state index contributed by atoms with van der Waals surface area (Å²) in [7, 11) is 6.61. The lowest BCUT2D eigenvalue weighted by Gasteiger charge is -2.15. The van der Waals surface area contributed by atoms with Crippen molar-refractivity contribution in [1.82, 2.24) is 9.55 Å². The van der Waals surface area contributed by atoms with E-state index < -0.39 is 0 Å². The zero-order valence-electron chi connectivity index (χ0n) is 18.2. The number of amides is 1. The maximum atomic E-state index is 12.4. The average molecular weight is 425 g/mol. The van der Waals surface area contributed by atoms with Crippen LogP contribution in [0, 0.1) is 0 Å². The summed E-state index contributed by atoms with van der Waals surface area (Å²) in [6.07, 6.45) is 4.40. The Balaban J connectivity index is 1.54. The molecule has 8 heteroatoms. The zero-order chi connectivity index (χ0) is 22.2. The summed E-state index contributed by atoms with van der Waals surface area (Å²) < 4.78 is 23.8. The van der Waals surface area contributed by atoms with Crippen molar-refractivity contribution in [3.63, 3.8) is 0 Å². The van der Waals surface area contributed by atoms with Gasteiger partial charge in [0.2, 0.25) is 11.7 Å². The molecule has 0 fully saturated rings. The average Bonchev–Trinajstić information content (AvgIpc) is 3.20. The predicted molar refractivity (Wildman–Crippen MR) is 117 cm³/mol. The van der Waals surface area contributed by atoms with Gasteiger partial charge in [0.05, 0.1) is 21.3 Å². The molecule has 31 heavy (non-hydrogen) atoms. The Hall–Kier alpha value is -3.68. The Morgan fingerprint density at radius 1 is 1.00 bits per heavy atom. The summed E-state index contributed by atoms with van der Waals surface area (Å²) in [5.41, 5.74) is 1.57. The highest BCUT2D eigenvalue weighted by atomic mass is 16.5. The second-order valence-electron chi connectivity index (χ2n) is 6.81. The van der Waals surface area contributed by atoms with Crippen LogP contribution in [0.25, 0.3) is 0 Å². The van der Waals surface area contributed by atoms with Crippen LogP contribution in [0.5, 0.6) is 23.0 Å². The molecule has 0 radical (unpaired) electrons. The fraction of sp³-hybridized carbons (Fsp3) is 0.304. The third-order valence-corrected chi connectivity index (χ3v) is 4.83. The highest BCUT2D eigenvalue weighted by molar-refractivity contribution is 5.90. The standard InChI is InChI=1S/C23H27N3O5/c1-26-14-13-24-20(26)15-31-18-9-7-17(8-10-18)25-21(27)12-6-16-5-11-19(28-2)23(30-4)22(16)29-3/h5,7-11,13-14H,6,12,15H2,1-4H3,(H,25,27). The van der Waals surface area contributed by atoms with Gasteiger partial charge in [-0.1, -0.05) is 6.07 Å². The number of nitrogens with one attached hydrogen (secondary N) is 1. The maximum Gasteiger partial charge on any atom is 0.224 e. The van der Waals surface area contributed by atoms with Gasteiger partial charge >= 0.3 is 0 Å². The van der Waals surface area contributed by atoms with Crippen LogP contribution in [0.3, 0.4) is 0 Å². The lowest BCUT2D eigenvalue weighted by Crippen LogP contribution is -2.12. The molecular formula is C23H27N3O5. The first-order chi connectivity index (χ1) is 15.0. The van der Waals surface area contributed by atoms with Gasteiger partial charge in [0.1, 0.15) is 18.2 Å². The molecule has 1 N–H and O–H groups in total. The highest BCUT2D eigenvalue weighted by Gasteiger charge is 2.16. The number of carbonyl (C=O) groups is 1. The molecule has 8 nitrogen and oxygen atoms in total. The van der Waals surface area contributed by atoms with Gasteiger partial charge in [-0.25, -0.2) is 4.98 Å². The number of anilines is 1. The molecule has 0 unspecified atom stereocenters. The first kappa shape index (κ1) is 22.0. The SMILES string of the molecule is COc1ccc(CCC(=O)Nc2ccc(OCc3nccn3C)cc2)c(OC)c1OC. The Labute approximate surface area is 181 Å². The van der Waals surface area contributed by atoms with Crippen LogP contribution >= 0.6 is 0 Å². The van der Waals surface area contributed by atoms with Crippen molar-refractivity contribution in [2.75, 3.05) is 26.6 Å². The molecule has 0 atom stereocenters. The fourth-order valence-electron chi connectivity index (χ4n) is 3.15. The van der Waals surface area contributed by atoms with Crippen LogP contribution in [0.1, 0.15) is 17.8 Å². The van der Waals surface area contributed by atoms with Gasteiger partial charge < -0.3 is 28.8 Å². The number of rotatable bonds is 10. The quantitative estimate of drug-likeness (QED) is 0.534. The summed E-state index contributed by atoms with van der Waals surface area (Å²) in [5, 5.41) is 2.90. The number of imidazole rings is 1. The summed E-state index contributed by atoms with van der Waals surface area (Å²) in [6.45, 7) is 0.377. The number of hydrogen-bond donors (Lipinski definition) is 1. The van der Waals surface area contributed by atoms with E-state index in [2.05, 4.69) is 10.3 Å². The van der Waals surface area contributed by atoms with Gasteiger partial charge in [-0.15, -0.1) is 0 Å².